The topological polar surface area (TPSA) is 79.1 Å². The number of halogens is 2. The molecule has 0 saturated carbocycles. The number of hydrogen-bond donors (Lipinski definition) is 0. The van der Waals surface area contributed by atoms with Gasteiger partial charge in [-0.2, -0.15) is 0 Å². The number of hydrogen-bond acceptors (Lipinski definition) is 7. The molecule has 38 heavy (non-hydrogen) atoms. The molecule has 0 N–H and O–H groups in total. The van der Waals surface area contributed by atoms with Gasteiger partial charge in [-0.3, -0.25) is 9.36 Å². The minimum atomic E-state index is -0.899. The van der Waals surface area contributed by atoms with E-state index in [1.807, 2.05) is 0 Å². The van der Waals surface area contributed by atoms with Crippen molar-refractivity contribution in [1.82, 2.24) is 4.57 Å². The van der Waals surface area contributed by atoms with Crippen LogP contribution in [0.4, 0.5) is 4.39 Å². The summed E-state index contributed by atoms with van der Waals surface area (Å²) in [6.07, 6.45) is 4.44. The number of rotatable bonds is 9. The third-order valence-electron chi connectivity index (χ3n) is 5.71. The number of carbonyl (C=O) groups is 1. The molecule has 1 aliphatic heterocycles. The molecule has 0 radical (unpaired) electrons. The number of esters is 1. The molecule has 2 heterocycles. The number of nitrogens with zero attached hydrogens (tertiary/aromatic N) is 2. The molecule has 0 aliphatic carbocycles. The van der Waals surface area contributed by atoms with Crippen LogP contribution in [0.25, 0.3) is 6.08 Å². The number of aromatic nitrogens is 1. The molecule has 0 fully saturated rings. The van der Waals surface area contributed by atoms with Crippen LogP contribution in [0.3, 0.4) is 0 Å². The van der Waals surface area contributed by atoms with Crippen molar-refractivity contribution in [2.45, 2.75) is 13.0 Å². The van der Waals surface area contributed by atoms with Crippen molar-refractivity contribution < 1.29 is 23.4 Å². The van der Waals surface area contributed by atoms with Gasteiger partial charge in [-0.25, -0.2) is 14.2 Å². The Kier molecular flexibility index (Phi) is 8.29. The van der Waals surface area contributed by atoms with Gasteiger partial charge < -0.3 is 14.2 Å². The maximum Gasteiger partial charge on any atom is 0.338 e. The number of carbonyl (C=O) groups excluding carboxylic acids is 1. The van der Waals surface area contributed by atoms with Crippen LogP contribution in [-0.2, 0) is 9.53 Å². The van der Waals surface area contributed by atoms with Crippen molar-refractivity contribution in [2.75, 3.05) is 20.3 Å². The van der Waals surface area contributed by atoms with Crippen LogP contribution in [0, 0.1) is 5.82 Å². The normalized spacial score (nSPS) is 14.9. The summed E-state index contributed by atoms with van der Waals surface area (Å²) >= 11 is 7.26. The predicted molar refractivity (Wildman–Crippen MR) is 145 cm³/mol. The molecule has 0 bridgehead atoms. The van der Waals surface area contributed by atoms with E-state index in [2.05, 4.69) is 18.2 Å². The zero-order chi connectivity index (χ0) is 27.4. The first kappa shape index (κ1) is 27.1. The average molecular weight is 555 g/mol. The first-order valence-corrected chi connectivity index (χ1v) is 12.7. The summed E-state index contributed by atoms with van der Waals surface area (Å²) in [6.45, 7) is 9.15. The van der Waals surface area contributed by atoms with Crippen LogP contribution < -0.4 is 24.4 Å². The first-order chi connectivity index (χ1) is 18.3. The molecule has 0 amide bonds. The van der Waals surface area contributed by atoms with E-state index in [9.17, 15) is 14.0 Å². The summed E-state index contributed by atoms with van der Waals surface area (Å²) in [5, 5.41) is 0.164. The Hall–Kier alpha value is -3.95. The van der Waals surface area contributed by atoms with Crippen LogP contribution in [0.15, 0.2) is 82.8 Å². The van der Waals surface area contributed by atoms with Gasteiger partial charge in [-0.1, -0.05) is 60.4 Å². The molecular formula is C28H24ClFN2O5S. The summed E-state index contributed by atoms with van der Waals surface area (Å²) in [5.41, 5.74) is 0.737. The van der Waals surface area contributed by atoms with E-state index in [4.69, 9.17) is 25.8 Å². The smallest absolute Gasteiger partial charge is 0.338 e. The molecule has 4 rings (SSSR count). The summed E-state index contributed by atoms with van der Waals surface area (Å²) in [7, 11) is 1.49. The van der Waals surface area contributed by atoms with Crippen molar-refractivity contribution in [1.29, 1.82) is 0 Å². The second kappa shape index (κ2) is 11.6. The number of allylic oxidation sites excluding steroid dienone is 1. The number of benzene rings is 2. The highest BCUT2D eigenvalue weighted by molar-refractivity contribution is 7.07. The minimum absolute atomic E-state index is 0.0177. The Morgan fingerprint density at radius 1 is 1.21 bits per heavy atom. The standard InChI is InChI=1S/C28H24ClFN2O5S/c1-5-12-36-21-11-10-17(14-22(21)35-4)25-24(27(34)37-13-6-2)16(3)31-28-32(25)26(33)23(38-28)15-18-19(29)8-7-9-20(18)30/h5-11,14-15,25H,1-2,12-13H2,3-4H3. The molecule has 1 aromatic heterocycles. The lowest BCUT2D eigenvalue weighted by Gasteiger charge is -2.25. The minimum Gasteiger partial charge on any atom is -0.493 e. The van der Waals surface area contributed by atoms with Crippen molar-refractivity contribution in [3.05, 3.63) is 115 Å². The Labute approximate surface area is 227 Å². The van der Waals surface area contributed by atoms with Gasteiger partial charge in [0, 0.05) is 5.56 Å². The Bertz CT molecular complexity index is 1620. The molecule has 3 aromatic rings. The SMILES string of the molecule is C=CCOC(=O)C1=C(C)N=c2sc(=Cc3c(F)cccc3Cl)c(=O)n2C1c1ccc(OCC=C)c(OC)c1. The summed E-state index contributed by atoms with van der Waals surface area (Å²) in [4.78, 5) is 31.8. The van der Waals surface area contributed by atoms with Crippen molar-refractivity contribution in [3.8, 4) is 11.5 Å². The molecule has 10 heteroatoms. The maximum absolute atomic E-state index is 14.5. The Balaban J connectivity index is 1.96. The van der Waals surface area contributed by atoms with E-state index in [0.29, 0.717) is 27.6 Å². The Morgan fingerprint density at radius 2 is 1.97 bits per heavy atom. The molecule has 196 valence electrons. The predicted octanol–water partition coefficient (Wildman–Crippen LogP) is 4.33. The summed E-state index contributed by atoms with van der Waals surface area (Å²) in [5.74, 6) is -0.342. The summed E-state index contributed by atoms with van der Waals surface area (Å²) < 4.78 is 32.6. The third kappa shape index (κ3) is 5.20. The Morgan fingerprint density at radius 3 is 2.66 bits per heavy atom. The van der Waals surface area contributed by atoms with Gasteiger partial charge in [-0.15, -0.1) is 0 Å². The van der Waals surface area contributed by atoms with E-state index >= 15 is 0 Å². The maximum atomic E-state index is 14.5. The van der Waals surface area contributed by atoms with Crippen LogP contribution >= 0.6 is 22.9 Å². The van der Waals surface area contributed by atoms with Gasteiger partial charge in [0.15, 0.2) is 16.3 Å². The molecule has 2 aromatic carbocycles. The fraction of sp³-hybridized carbons (Fsp3) is 0.179. The molecule has 0 spiro atoms. The average Bonchev–Trinajstić information content (AvgIpc) is 3.21. The van der Waals surface area contributed by atoms with Crippen molar-refractivity contribution in [3.63, 3.8) is 0 Å². The second-order valence-electron chi connectivity index (χ2n) is 8.11. The fourth-order valence-electron chi connectivity index (χ4n) is 4.01. The van der Waals surface area contributed by atoms with E-state index in [1.54, 1.807) is 31.2 Å². The summed E-state index contributed by atoms with van der Waals surface area (Å²) in [6, 6.07) is 8.49. The zero-order valence-corrected chi connectivity index (χ0v) is 22.3. The fourth-order valence-corrected chi connectivity index (χ4v) is 5.26. The number of ether oxygens (including phenoxy) is 3. The molecule has 7 nitrogen and oxygen atoms in total. The van der Waals surface area contributed by atoms with Crippen molar-refractivity contribution >= 4 is 35.0 Å². The monoisotopic (exact) mass is 554 g/mol. The van der Waals surface area contributed by atoms with E-state index in [1.165, 1.54) is 42.0 Å². The van der Waals surface area contributed by atoms with Gasteiger partial charge in [0.2, 0.25) is 0 Å². The van der Waals surface area contributed by atoms with Crippen molar-refractivity contribution in [2.24, 2.45) is 4.99 Å². The number of fused-ring (bicyclic) bond motifs is 1. The molecule has 1 aliphatic rings. The zero-order valence-electron chi connectivity index (χ0n) is 20.7. The highest BCUT2D eigenvalue weighted by Crippen LogP contribution is 2.36. The first-order valence-electron chi connectivity index (χ1n) is 11.5. The number of thiazole rings is 1. The lowest BCUT2D eigenvalue weighted by atomic mass is 9.95. The molecule has 1 atom stereocenters. The lowest BCUT2D eigenvalue weighted by Crippen LogP contribution is -2.40. The molecule has 0 saturated heterocycles. The van der Waals surface area contributed by atoms with Crippen LogP contribution in [0.5, 0.6) is 11.5 Å². The quantitative estimate of drug-likeness (QED) is 0.291. The van der Waals surface area contributed by atoms with Gasteiger partial charge in [-0.05, 0) is 42.8 Å². The second-order valence-corrected chi connectivity index (χ2v) is 9.53. The van der Waals surface area contributed by atoms with Crippen LogP contribution in [0.1, 0.15) is 24.1 Å². The lowest BCUT2D eigenvalue weighted by molar-refractivity contribution is -0.138. The largest absolute Gasteiger partial charge is 0.493 e. The van der Waals surface area contributed by atoms with Gasteiger partial charge in [0.1, 0.15) is 19.0 Å². The molecular weight excluding hydrogens is 531 g/mol. The van der Waals surface area contributed by atoms with Gasteiger partial charge in [0.25, 0.3) is 5.56 Å². The number of methoxy groups -OCH3 is 1. The van der Waals surface area contributed by atoms with E-state index < -0.39 is 23.4 Å². The van der Waals surface area contributed by atoms with Crippen LogP contribution in [0.2, 0.25) is 5.02 Å². The van der Waals surface area contributed by atoms with E-state index in [0.717, 1.165) is 11.3 Å². The highest BCUT2D eigenvalue weighted by Gasteiger charge is 2.34. The van der Waals surface area contributed by atoms with Gasteiger partial charge >= 0.3 is 5.97 Å². The van der Waals surface area contributed by atoms with E-state index in [-0.39, 0.29) is 33.9 Å². The van der Waals surface area contributed by atoms with Gasteiger partial charge in [0.05, 0.1) is 34.0 Å². The molecule has 1 unspecified atom stereocenters. The third-order valence-corrected chi connectivity index (χ3v) is 7.02. The van der Waals surface area contributed by atoms with Crippen LogP contribution in [-0.4, -0.2) is 30.9 Å². The highest BCUT2D eigenvalue weighted by atomic mass is 35.5.